The van der Waals surface area contributed by atoms with Crippen molar-refractivity contribution in [3.8, 4) is 0 Å². The number of rotatable bonds is 4. The Morgan fingerprint density at radius 3 is 3.25 bits per heavy atom. The number of hydrogen-bond acceptors (Lipinski definition) is 4. The predicted octanol–water partition coefficient (Wildman–Crippen LogP) is 0.652. The Balaban J connectivity index is 1.79. The summed E-state index contributed by atoms with van der Waals surface area (Å²) in [7, 11) is 0. The molecule has 0 amide bonds. The summed E-state index contributed by atoms with van der Waals surface area (Å²) in [5, 5.41) is 0. The summed E-state index contributed by atoms with van der Waals surface area (Å²) in [4.78, 5) is 17.7. The van der Waals surface area contributed by atoms with Crippen molar-refractivity contribution in [3.05, 3.63) is 18.2 Å². The molecule has 0 radical (unpaired) electrons. The highest BCUT2D eigenvalue weighted by atomic mass is 16.5. The van der Waals surface area contributed by atoms with Gasteiger partial charge in [0, 0.05) is 32.0 Å². The smallest absolute Gasteiger partial charge is 0.307 e. The first-order valence-electron chi connectivity index (χ1n) is 5.67. The maximum Gasteiger partial charge on any atom is 0.307 e. The van der Waals surface area contributed by atoms with Crippen molar-refractivity contribution < 1.29 is 9.53 Å². The molecule has 16 heavy (non-hydrogen) atoms. The van der Waals surface area contributed by atoms with Crippen molar-refractivity contribution in [3.63, 3.8) is 0 Å². The van der Waals surface area contributed by atoms with Crippen molar-refractivity contribution in [2.24, 2.45) is 0 Å². The van der Waals surface area contributed by atoms with Gasteiger partial charge in [0.15, 0.2) is 0 Å². The van der Waals surface area contributed by atoms with E-state index in [0.29, 0.717) is 13.0 Å². The lowest BCUT2D eigenvalue weighted by Gasteiger charge is -2.26. The van der Waals surface area contributed by atoms with Gasteiger partial charge in [0.1, 0.15) is 5.82 Å². The molecule has 1 aliphatic rings. The van der Waals surface area contributed by atoms with Crippen LogP contribution in [-0.4, -0.2) is 40.1 Å². The van der Waals surface area contributed by atoms with E-state index in [1.54, 1.807) is 0 Å². The van der Waals surface area contributed by atoms with Gasteiger partial charge < -0.3 is 9.30 Å². The van der Waals surface area contributed by atoms with Gasteiger partial charge in [-0.15, -0.1) is 0 Å². The molecule has 1 aromatic heterocycles. The number of hydrogen-bond donors (Lipinski definition) is 0. The number of nitrogens with zero attached hydrogens (tertiary/aromatic N) is 3. The SMILES string of the molecule is CCOC(=O)CCN1CCn2ccnc2C1. The minimum Gasteiger partial charge on any atom is -0.466 e. The molecule has 1 aliphatic heterocycles. The molecule has 0 aliphatic carbocycles. The number of imidazole rings is 1. The van der Waals surface area contributed by atoms with Crippen LogP contribution in [0.3, 0.4) is 0 Å². The maximum atomic E-state index is 11.2. The number of aromatic nitrogens is 2. The fourth-order valence-corrected chi connectivity index (χ4v) is 1.90. The van der Waals surface area contributed by atoms with Gasteiger partial charge in [0.2, 0.25) is 0 Å². The van der Waals surface area contributed by atoms with Gasteiger partial charge in [-0.25, -0.2) is 4.98 Å². The third-order valence-electron chi connectivity index (χ3n) is 2.76. The molecule has 88 valence electrons. The average Bonchev–Trinajstić information content (AvgIpc) is 2.74. The zero-order valence-electron chi connectivity index (χ0n) is 9.56. The molecule has 0 fully saturated rings. The second kappa shape index (κ2) is 5.12. The first kappa shape index (κ1) is 11.1. The second-order valence-corrected chi connectivity index (χ2v) is 3.87. The van der Waals surface area contributed by atoms with Gasteiger partial charge in [0.25, 0.3) is 0 Å². The molecule has 0 saturated carbocycles. The fourth-order valence-electron chi connectivity index (χ4n) is 1.90. The zero-order valence-corrected chi connectivity index (χ0v) is 9.56. The summed E-state index contributed by atoms with van der Waals surface area (Å²) in [6.45, 7) is 5.80. The molecule has 0 unspecified atom stereocenters. The largest absolute Gasteiger partial charge is 0.466 e. The number of esters is 1. The molecule has 0 saturated heterocycles. The van der Waals surface area contributed by atoms with E-state index in [0.717, 1.165) is 32.0 Å². The molecular formula is C11H17N3O2. The third-order valence-corrected chi connectivity index (χ3v) is 2.76. The molecule has 2 rings (SSSR count). The Labute approximate surface area is 95.0 Å². The Hall–Kier alpha value is -1.36. The summed E-state index contributed by atoms with van der Waals surface area (Å²) < 4.78 is 7.05. The molecule has 0 spiro atoms. The fraction of sp³-hybridized carbons (Fsp3) is 0.636. The van der Waals surface area contributed by atoms with E-state index < -0.39 is 0 Å². The van der Waals surface area contributed by atoms with Crippen LogP contribution in [0.25, 0.3) is 0 Å². The quantitative estimate of drug-likeness (QED) is 0.703. The van der Waals surface area contributed by atoms with Gasteiger partial charge in [0.05, 0.1) is 19.6 Å². The number of fused-ring (bicyclic) bond motifs is 1. The van der Waals surface area contributed by atoms with Crippen LogP contribution in [-0.2, 0) is 22.6 Å². The van der Waals surface area contributed by atoms with Gasteiger partial charge in [-0.2, -0.15) is 0 Å². The standard InChI is InChI=1S/C11H17N3O2/c1-2-16-11(15)3-5-13-7-8-14-6-4-12-10(14)9-13/h4,6H,2-3,5,7-9H2,1H3. The van der Waals surface area contributed by atoms with Crippen LogP contribution in [0.15, 0.2) is 12.4 Å². The van der Waals surface area contributed by atoms with Crippen LogP contribution in [0.5, 0.6) is 0 Å². The van der Waals surface area contributed by atoms with E-state index in [4.69, 9.17) is 4.74 Å². The lowest BCUT2D eigenvalue weighted by atomic mass is 10.3. The highest BCUT2D eigenvalue weighted by Gasteiger charge is 2.17. The van der Waals surface area contributed by atoms with E-state index >= 15 is 0 Å². The summed E-state index contributed by atoms with van der Waals surface area (Å²) in [6, 6.07) is 0. The number of carbonyl (C=O) groups excluding carboxylic acids is 1. The minimum absolute atomic E-state index is 0.114. The Kier molecular flexibility index (Phi) is 3.56. The van der Waals surface area contributed by atoms with Crippen LogP contribution in [0, 0.1) is 0 Å². The van der Waals surface area contributed by atoms with Crippen LogP contribution in [0.2, 0.25) is 0 Å². The summed E-state index contributed by atoms with van der Waals surface area (Å²) in [6.07, 6.45) is 4.29. The molecule has 0 bridgehead atoms. The van der Waals surface area contributed by atoms with Crippen molar-refractivity contribution >= 4 is 5.97 Å². The van der Waals surface area contributed by atoms with E-state index in [9.17, 15) is 4.79 Å². The van der Waals surface area contributed by atoms with E-state index in [1.807, 2.05) is 19.3 Å². The van der Waals surface area contributed by atoms with E-state index in [2.05, 4.69) is 14.5 Å². The molecule has 1 aromatic rings. The van der Waals surface area contributed by atoms with E-state index in [-0.39, 0.29) is 5.97 Å². The van der Waals surface area contributed by atoms with Crippen LogP contribution in [0.1, 0.15) is 19.2 Å². The van der Waals surface area contributed by atoms with Gasteiger partial charge >= 0.3 is 5.97 Å². The van der Waals surface area contributed by atoms with Gasteiger partial charge in [-0.05, 0) is 6.92 Å². The first-order valence-corrected chi connectivity index (χ1v) is 5.67. The highest BCUT2D eigenvalue weighted by molar-refractivity contribution is 5.69. The third kappa shape index (κ3) is 2.61. The molecule has 2 heterocycles. The zero-order chi connectivity index (χ0) is 11.4. The normalized spacial score (nSPS) is 15.8. The molecule has 0 aromatic carbocycles. The average molecular weight is 223 g/mol. The molecular weight excluding hydrogens is 206 g/mol. The Morgan fingerprint density at radius 1 is 1.56 bits per heavy atom. The Morgan fingerprint density at radius 2 is 2.44 bits per heavy atom. The first-order chi connectivity index (χ1) is 7.79. The number of carbonyl (C=O) groups is 1. The lowest BCUT2D eigenvalue weighted by molar-refractivity contribution is -0.143. The summed E-state index contributed by atoms with van der Waals surface area (Å²) in [5.41, 5.74) is 0. The van der Waals surface area contributed by atoms with Gasteiger partial charge in [-0.1, -0.05) is 0 Å². The minimum atomic E-state index is -0.114. The topological polar surface area (TPSA) is 47.4 Å². The van der Waals surface area contributed by atoms with Gasteiger partial charge in [-0.3, -0.25) is 9.69 Å². The molecule has 0 atom stereocenters. The predicted molar refractivity (Wildman–Crippen MR) is 58.8 cm³/mol. The molecule has 5 heteroatoms. The van der Waals surface area contributed by atoms with Crippen molar-refractivity contribution in [1.82, 2.24) is 14.5 Å². The van der Waals surface area contributed by atoms with Crippen LogP contribution in [0.4, 0.5) is 0 Å². The molecule has 0 N–H and O–H groups in total. The second-order valence-electron chi connectivity index (χ2n) is 3.87. The monoisotopic (exact) mass is 223 g/mol. The Bertz CT molecular complexity index is 362. The maximum absolute atomic E-state index is 11.2. The van der Waals surface area contributed by atoms with Crippen molar-refractivity contribution in [2.75, 3.05) is 19.7 Å². The molecule has 5 nitrogen and oxygen atoms in total. The highest BCUT2D eigenvalue weighted by Crippen LogP contribution is 2.10. The van der Waals surface area contributed by atoms with Crippen molar-refractivity contribution in [1.29, 1.82) is 0 Å². The summed E-state index contributed by atoms with van der Waals surface area (Å²) in [5.74, 6) is 0.964. The van der Waals surface area contributed by atoms with Crippen LogP contribution >= 0.6 is 0 Å². The van der Waals surface area contributed by atoms with Crippen molar-refractivity contribution in [2.45, 2.75) is 26.4 Å². The van der Waals surface area contributed by atoms with Crippen LogP contribution < -0.4 is 0 Å². The summed E-state index contributed by atoms with van der Waals surface area (Å²) >= 11 is 0. The number of ether oxygens (including phenoxy) is 1. The van der Waals surface area contributed by atoms with E-state index in [1.165, 1.54) is 0 Å². The lowest BCUT2D eigenvalue weighted by Crippen LogP contribution is -2.35.